The van der Waals surface area contributed by atoms with Crippen LogP contribution >= 0.6 is 48.0 Å². The van der Waals surface area contributed by atoms with Crippen molar-refractivity contribution < 1.29 is 0 Å². The Bertz CT molecular complexity index is 1090. The van der Waals surface area contributed by atoms with E-state index in [-0.39, 0.29) is 5.41 Å². The van der Waals surface area contributed by atoms with Gasteiger partial charge in [0.2, 0.25) is 0 Å². The van der Waals surface area contributed by atoms with E-state index >= 15 is 0 Å². The van der Waals surface area contributed by atoms with Crippen LogP contribution in [0.3, 0.4) is 0 Å². The Balaban J connectivity index is 0.00000218. The molecular weight excluding hydrogens is 661 g/mol. The summed E-state index contributed by atoms with van der Waals surface area (Å²) in [6, 6.07) is 14.4. The second-order valence-electron chi connectivity index (χ2n) is 12.8. The molecule has 272 valence electrons. The Kier molecular flexibility index (Phi) is 24.2. The highest BCUT2D eigenvalue weighted by atomic mass is 32.2. The van der Waals surface area contributed by atoms with Gasteiger partial charge in [0, 0.05) is 43.1 Å². The summed E-state index contributed by atoms with van der Waals surface area (Å²) >= 11 is 15.0. The van der Waals surface area contributed by atoms with Crippen LogP contribution in [0, 0.1) is 13.8 Å². The van der Waals surface area contributed by atoms with Crippen LogP contribution in [-0.4, -0.2) is 56.1 Å². The number of unbranched alkanes of at least 4 members (excludes halogenated alkanes) is 6. The molecule has 0 saturated carbocycles. The molecule has 0 radical (unpaired) electrons. The van der Waals surface area contributed by atoms with Crippen molar-refractivity contribution in [3.8, 4) is 11.1 Å². The van der Waals surface area contributed by atoms with Gasteiger partial charge in [-0.05, 0) is 89.5 Å². The lowest BCUT2D eigenvalue weighted by Gasteiger charge is -2.33. The monoisotopic (exact) mass is 730 g/mol. The predicted octanol–water partition coefficient (Wildman–Crippen LogP) is 13.6. The zero-order chi connectivity index (χ0) is 36.0. The average Bonchev–Trinajstić information content (AvgIpc) is 3.34. The number of hydrogen-bond acceptors (Lipinski definition) is 4. The summed E-state index contributed by atoms with van der Waals surface area (Å²) < 4.78 is 2.14. The fraction of sp³-hybridized carbons (Fsp3) is 0.667. The van der Waals surface area contributed by atoms with Crippen LogP contribution < -0.4 is 0 Å². The molecule has 0 N–H and O–H groups in total. The van der Waals surface area contributed by atoms with Gasteiger partial charge in [0.15, 0.2) is 0 Å². The maximum Gasteiger partial charge on any atom is 0.136 e. The molecule has 0 heterocycles. The second kappa shape index (κ2) is 25.8. The van der Waals surface area contributed by atoms with Gasteiger partial charge >= 0.3 is 0 Å². The van der Waals surface area contributed by atoms with Crippen LogP contribution in [0.4, 0.5) is 0 Å². The Morgan fingerprint density at radius 3 is 1.23 bits per heavy atom. The second-order valence-corrected chi connectivity index (χ2v) is 16.2. The molecule has 6 heteroatoms. The highest BCUT2D eigenvalue weighted by molar-refractivity contribution is 8.23. The van der Waals surface area contributed by atoms with Crippen molar-refractivity contribution in [3.63, 3.8) is 0 Å². The van der Waals surface area contributed by atoms with Crippen LogP contribution in [-0.2, 0) is 5.41 Å². The number of rotatable bonds is 18. The molecule has 0 amide bonds. The molecule has 0 aliphatic heterocycles. The first-order valence-electron chi connectivity index (χ1n) is 19.3. The van der Waals surface area contributed by atoms with Crippen molar-refractivity contribution in [3.05, 3.63) is 58.7 Å². The molecule has 48 heavy (non-hydrogen) atoms. The highest BCUT2D eigenvalue weighted by Crippen LogP contribution is 2.54. The van der Waals surface area contributed by atoms with Crippen molar-refractivity contribution in [1.29, 1.82) is 0 Å². The Hall–Kier alpha value is -1.08. The molecule has 2 nitrogen and oxygen atoms in total. The summed E-state index contributed by atoms with van der Waals surface area (Å²) in [4.78, 5) is 4.59. The van der Waals surface area contributed by atoms with Crippen LogP contribution in [0.2, 0.25) is 0 Å². The van der Waals surface area contributed by atoms with Gasteiger partial charge in [-0.1, -0.05) is 168 Å². The van der Waals surface area contributed by atoms with Gasteiger partial charge < -0.3 is 9.80 Å². The van der Waals surface area contributed by atoms with Crippen LogP contribution in [0.5, 0.6) is 0 Å². The number of hydrogen-bond donors (Lipinski definition) is 0. The normalized spacial score (nSPS) is 12.2. The maximum atomic E-state index is 5.64. The minimum atomic E-state index is 0.140. The Labute approximate surface area is 317 Å². The zero-order valence-corrected chi connectivity index (χ0v) is 35.8. The third-order valence-electron chi connectivity index (χ3n) is 9.16. The van der Waals surface area contributed by atoms with Gasteiger partial charge in [-0.15, -0.1) is 0 Å². The minimum Gasteiger partial charge on any atom is -0.358 e. The molecule has 0 saturated heterocycles. The predicted molar refractivity (Wildman–Crippen MR) is 232 cm³/mol. The fourth-order valence-corrected chi connectivity index (χ4v) is 9.56. The number of thiocarbonyl (C=S) groups is 2. The smallest absolute Gasteiger partial charge is 0.136 e. The number of fused-ring (bicyclic) bond motifs is 3. The standard InChI is InChI=1S/C37H56N2S4.C3H8.C2H6/c1-7-38(8-2)35(40)42-25-17-13-11-15-23-37(24-16-12-14-18-26-43-36(41)39(9-3)10-4)33-27-29(5)19-21-31(33)32-22-20-30(6)28-34(32)37;1-3-2;1-2/h19-22,27-28H,7-18,23-26H2,1-6H3;3H2,1-2H3;1-2H3. The third-order valence-corrected chi connectivity index (χ3v) is 12.4. The molecule has 0 unspecified atom stereocenters. The lowest BCUT2D eigenvalue weighted by Crippen LogP contribution is -2.26. The van der Waals surface area contributed by atoms with E-state index in [0.717, 1.165) is 46.3 Å². The lowest BCUT2D eigenvalue weighted by molar-refractivity contribution is 0.401. The van der Waals surface area contributed by atoms with Crippen LogP contribution in [0.1, 0.15) is 148 Å². The summed E-state index contributed by atoms with van der Waals surface area (Å²) in [6.07, 6.45) is 14.0. The SMILES string of the molecule is CC.CCC.CCN(CC)C(=S)SCCCCCCC1(CCCCCCSC(=S)N(CC)CC)c2cc(C)ccc2-c2ccc(C)cc21. The summed E-state index contributed by atoms with van der Waals surface area (Å²) in [5.41, 5.74) is 9.04. The van der Waals surface area contributed by atoms with Gasteiger partial charge in [-0.25, -0.2) is 0 Å². The molecular formula is C42H70N2S4. The van der Waals surface area contributed by atoms with Gasteiger partial charge in [0.1, 0.15) is 8.64 Å². The van der Waals surface area contributed by atoms with E-state index in [1.165, 1.54) is 92.9 Å². The zero-order valence-electron chi connectivity index (χ0n) is 32.5. The average molecular weight is 731 g/mol. The van der Waals surface area contributed by atoms with Gasteiger partial charge in [-0.2, -0.15) is 0 Å². The van der Waals surface area contributed by atoms with E-state index in [9.17, 15) is 0 Å². The lowest BCUT2D eigenvalue weighted by atomic mass is 9.70. The Morgan fingerprint density at radius 2 is 0.896 bits per heavy atom. The van der Waals surface area contributed by atoms with Crippen molar-refractivity contribution in [1.82, 2.24) is 9.80 Å². The van der Waals surface area contributed by atoms with Crippen molar-refractivity contribution in [2.45, 2.75) is 145 Å². The summed E-state index contributed by atoms with van der Waals surface area (Å²) in [5.74, 6) is 2.28. The van der Waals surface area contributed by atoms with Gasteiger partial charge in [0.05, 0.1) is 0 Å². The maximum absolute atomic E-state index is 5.64. The summed E-state index contributed by atoms with van der Waals surface area (Å²) in [6.45, 7) is 25.6. The topological polar surface area (TPSA) is 6.48 Å². The molecule has 2 aromatic rings. The third kappa shape index (κ3) is 13.9. The first kappa shape index (κ1) is 44.9. The van der Waals surface area contributed by atoms with E-state index in [1.807, 2.05) is 37.4 Å². The Morgan fingerprint density at radius 1 is 0.562 bits per heavy atom. The molecule has 0 bridgehead atoms. The van der Waals surface area contributed by atoms with E-state index in [2.05, 4.69) is 102 Å². The molecule has 0 aromatic heterocycles. The first-order valence-corrected chi connectivity index (χ1v) is 22.1. The van der Waals surface area contributed by atoms with E-state index in [0.29, 0.717) is 0 Å². The van der Waals surface area contributed by atoms with Crippen molar-refractivity contribution in [2.24, 2.45) is 0 Å². The van der Waals surface area contributed by atoms with Gasteiger partial charge in [0.25, 0.3) is 0 Å². The van der Waals surface area contributed by atoms with E-state index < -0.39 is 0 Å². The molecule has 3 rings (SSSR count). The van der Waals surface area contributed by atoms with E-state index in [4.69, 9.17) is 24.4 Å². The summed E-state index contributed by atoms with van der Waals surface area (Å²) in [7, 11) is 0. The fourth-order valence-electron chi connectivity index (χ4n) is 6.62. The number of nitrogens with zero attached hydrogens (tertiary/aromatic N) is 2. The summed E-state index contributed by atoms with van der Waals surface area (Å²) in [5, 5.41) is 0. The molecule has 1 aliphatic carbocycles. The van der Waals surface area contributed by atoms with Crippen molar-refractivity contribution in [2.75, 3.05) is 37.7 Å². The number of thioether (sulfide) groups is 2. The van der Waals surface area contributed by atoms with Crippen molar-refractivity contribution >= 4 is 56.6 Å². The molecule has 0 spiro atoms. The first-order chi connectivity index (χ1) is 23.2. The molecule has 0 fully saturated rings. The number of aryl methyl sites for hydroxylation is 2. The number of benzene rings is 2. The quantitative estimate of drug-likeness (QED) is 0.110. The molecule has 0 atom stereocenters. The van der Waals surface area contributed by atoms with E-state index in [1.54, 1.807) is 11.1 Å². The van der Waals surface area contributed by atoms with Crippen LogP contribution in [0.25, 0.3) is 11.1 Å². The minimum absolute atomic E-state index is 0.140. The van der Waals surface area contributed by atoms with Crippen LogP contribution in [0.15, 0.2) is 36.4 Å². The van der Waals surface area contributed by atoms with Gasteiger partial charge in [-0.3, -0.25) is 0 Å². The molecule has 2 aromatic carbocycles. The largest absolute Gasteiger partial charge is 0.358 e. The molecule has 1 aliphatic rings. The highest BCUT2D eigenvalue weighted by Gasteiger charge is 2.42.